The van der Waals surface area contributed by atoms with Crippen LogP contribution in [0.25, 0.3) is 0 Å². The van der Waals surface area contributed by atoms with Crippen molar-refractivity contribution in [3.05, 3.63) is 0 Å². The molecule has 0 aliphatic rings. The third kappa shape index (κ3) is 11.4. The molecule has 0 spiro atoms. The van der Waals surface area contributed by atoms with Crippen LogP contribution >= 0.6 is 42.9 Å². The largest absolute Gasteiger partial charge is 0.138 e. The van der Waals surface area contributed by atoms with Crippen LogP contribution in [0.4, 0.5) is 0 Å². The predicted octanol–water partition coefficient (Wildman–Crippen LogP) is 8.27. The van der Waals surface area contributed by atoms with Crippen molar-refractivity contribution in [1.82, 2.24) is 0 Å². The van der Waals surface area contributed by atoms with Gasteiger partial charge in [-0.15, -0.1) is 0 Å². The van der Waals surface area contributed by atoms with Gasteiger partial charge in [-0.2, -0.15) is 0 Å². The topological polar surface area (TPSA) is 0 Å². The van der Waals surface area contributed by atoms with Crippen molar-refractivity contribution in [2.45, 2.75) is 55.4 Å². The zero-order valence-electron chi connectivity index (χ0n) is 16.2. The summed E-state index contributed by atoms with van der Waals surface area (Å²) in [6.45, 7) is 19.1. The molecule has 0 saturated carbocycles. The van der Waals surface area contributed by atoms with Gasteiger partial charge in [0.05, 0.1) is 36.6 Å². The van der Waals surface area contributed by atoms with Crippen molar-refractivity contribution < 1.29 is 0 Å². The minimum Gasteiger partial charge on any atom is -0.0593 e. The van der Waals surface area contributed by atoms with Gasteiger partial charge >= 0.3 is 0 Å². The van der Waals surface area contributed by atoms with E-state index in [0.29, 0.717) is 0 Å². The van der Waals surface area contributed by atoms with Crippen molar-refractivity contribution in [3.63, 3.8) is 0 Å². The van der Waals surface area contributed by atoms with Crippen molar-refractivity contribution in [1.29, 1.82) is 0 Å². The summed E-state index contributed by atoms with van der Waals surface area (Å²) in [5.74, 6) is 1.33. The summed E-state index contributed by atoms with van der Waals surface area (Å²) in [7, 11) is 0. The maximum Gasteiger partial charge on any atom is 0.138 e. The number of hydrogen-bond acceptors (Lipinski definition) is 0. The molecule has 0 radical (unpaired) electrons. The zero-order valence-corrected chi connectivity index (χ0v) is 21.2. The van der Waals surface area contributed by atoms with Crippen LogP contribution in [0, 0.1) is 23.7 Å². The van der Waals surface area contributed by atoms with E-state index in [1.54, 1.807) is 0 Å². The third-order valence-electron chi connectivity index (χ3n) is 3.67. The van der Waals surface area contributed by atoms with Crippen LogP contribution in [0.3, 0.4) is 0 Å². The summed E-state index contributed by atoms with van der Waals surface area (Å²) < 4.78 is 0. The minimum absolute atomic E-state index is 0.810. The fraction of sp³-hybridized carbons (Fsp3) is 1.00. The molecule has 0 atom stereocenters. The molecule has 0 saturated heterocycles. The van der Waals surface area contributed by atoms with Gasteiger partial charge in [0.25, 0.3) is 0 Å². The molecule has 0 rings (SSSR count). The quantitative estimate of drug-likeness (QED) is 0.262. The van der Waals surface area contributed by atoms with E-state index in [2.05, 4.69) is 86.4 Å². The Bertz CT molecular complexity index is 251. The molecule has 0 aromatic heterocycles. The summed E-state index contributed by atoms with van der Waals surface area (Å²) in [6, 6.07) is 0. The van der Waals surface area contributed by atoms with Crippen molar-refractivity contribution in [2.75, 3.05) is 37.0 Å². The lowest BCUT2D eigenvalue weighted by molar-refractivity contribution is 0.712. The minimum atomic E-state index is -0.955. The van der Waals surface area contributed by atoms with E-state index in [4.69, 9.17) is 0 Å². The molecule has 0 aromatic rings. The van der Waals surface area contributed by atoms with Gasteiger partial charge in [-0.1, -0.05) is 55.4 Å². The second-order valence-electron chi connectivity index (χ2n) is 8.81. The molecule has 0 N–H and O–H groups in total. The fourth-order valence-electron chi connectivity index (χ4n) is 3.49. The molecule has 0 bridgehead atoms. The van der Waals surface area contributed by atoms with Gasteiger partial charge in [-0.3, -0.25) is 0 Å². The molecule has 22 heavy (non-hydrogen) atoms. The van der Waals surface area contributed by atoms with E-state index in [0.717, 1.165) is 23.7 Å². The first-order valence-corrected chi connectivity index (χ1v) is 17.7. The normalized spacial score (nSPS) is 13.9. The highest BCUT2D eigenvalue weighted by atomic mass is 79.9. The molecule has 0 nitrogen and oxygen atoms in total. The predicted molar refractivity (Wildman–Crippen MR) is 120 cm³/mol. The Hall–Kier alpha value is 1.82. The molecule has 0 amide bonds. The molecule has 0 aliphatic heterocycles. The highest BCUT2D eigenvalue weighted by Crippen LogP contribution is 2.74. The van der Waals surface area contributed by atoms with Crippen LogP contribution in [-0.2, 0) is 0 Å². The first-order valence-electron chi connectivity index (χ1n) is 8.99. The molecule has 0 aromatic carbocycles. The van der Waals surface area contributed by atoms with Gasteiger partial charge in [0, 0.05) is 0 Å². The zero-order chi connectivity index (χ0) is 17.6. The SMILES string of the molecule is CC(C)C[P+](Br)(CC[P+](Br)(CC(C)C)CC(C)C)CC(C)C. The van der Waals surface area contributed by atoms with Crippen LogP contribution in [0.5, 0.6) is 0 Å². The smallest absolute Gasteiger partial charge is 0.0593 e. The Labute approximate surface area is 158 Å². The van der Waals surface area contributed by atoms with E-state index >= 15 is 0 Å². The fourth-order valence-corrected chi connectivity index (χ4v) is 22.4. The number of rotatable bonds is 11. The molecule has 0 fully saturated rings. The summed E-state index contributed by atoms with van der Waals surface area (Å²) in [5.41, 5.74) is 0. The second-order valence-corrected chi connectivity index (χ2v) is 24.3. The highest BCUT2D eigenvalue weighted by Gasteiger charge is 2.44. The Morgan fingerprint density at radius 2 is 0.682 bits per heavy atom. The Balaban J connectivity index is 4.93. The van der Waals surface area contributed by atoms with E-state index in [9.17, 15) is 0 Å². The van der Waals surface area contributed by atoms with E-state index in [1.165, 1.54) is 37.0 Å². The Morgan fingerprint density at radius 1 is 0.500 bits per heavy atom. The molecular formula is C18H40Br2P2+2. The molecule has 0 unspecified atom stereocenters. The van der Waals surface area contributed by atoms with Gasteiger partial charge < -0.3 is 0 Å². The van der Waals surface area contributed by atoms with Gasteiger partial charge in [0.2, 0.25) is 0 Å². The third-order valence-corrected chi connectivity index (χ3v) is 17.2. The molecule has 4 heteroatoms. The summed E-state index contributed by atoms with van der Waals surface area (Å²) in [5, 5.41) is 0. The maximum atomic E-state index is 4.28. The van der Waals surface area contributed by atoms with Gasteiger partial charge in [-0.25, -0.2) is 0 Å². The van der Waals surface area contributed by atoms with Gasteiger partial charge in [-0.05, 0) is 23.7 Å². The van der Waals surface area contributed by atoms with Crippen LogP contribution in [-0.4, -0.2) is 37.0 Å². The molecular weight excluding hydrogens is 438 g/mol. The van der Waals surface area contributed by atoms with Crippen molar-refractivity contribution in [3.8, 4) is 0 Å². The molecule has 0 aliphatic carbocycles. The average Bonchev–Trinajstić information content (AvgIpc) is 2.21. The molecule has 134 valence electrons. The first-order chi connectivity index (χ1) is 9.87. The Kier molecular flexibility index (Phi) is 11.6. The number of halogens is 2. The number of hydrogen-bond donors (Lipinski definition) is 0. The first kappa shape index (κ1) is 23.8. The van der Waals surface area contributed by atoms with Gasteiger partial charge in [0.15, 0.2) is 0 Å². The van der Waals surface area contributed by atoms with Crippen LogP contribution in [0.1, 0.15) is 55.4 Å². The van der Waals surface area contributed by atoms with Crippen molar-refractivity contribution in [2.24, 2.45) is 23.7 Å². The summed E-state index contributed by atoms with van der Waals surface area (Å²) in [4.78, 5) is 0. The lowest BCUT2D eigenvalue weighted by Crippen LogP contribution is -2.17. The van der Waals surface area contributed by atoms with Crippen LogP contribution in [0.15, 0.2) is 0 Å². The second kappa shape index (κ2) is 10.7. The van der Waals surface area contributed by atoms with E-state index in [1.807, 2.05) is 0 Å². The molecule has 0 heterocycles. The maximum absolute atomic E-state index is 4.28. The summed E-state index contributed by atoms with van der Waals surface area (Å²) >= 11 is 8.56. The Morgan fingerprint density at radius 3 is 0.818 bits per heavy atom. The highest BCUT2D eigenvalue weighted by molar-refractivity contribution is 9.43. The standard InChI is InChI=1S/C18H40Br2P2/c1-15(2)11-21(19,12-16(3)4)9-10-22(20,13-17(5)6)14-18(7)8/h15-18H,9-14H2,1-8H3/q+2. The monoisotopic (exact) mass is 476 g/mol. The van der Waals surface area contributed by atoms with Gasteiger partial charge in [0.1, 0.15) is 43.3 Å². The van der Waals surface area contributed by atoms with Crippen LogP contribution < -0.4 is 0 Å². The van der Waals surface area contributed by atoms with Crippen LogP contribution in [0.2, 0.25) is 0 Å². The van der Waals surface area contributed by atoms with Crippen molar-refractivity contribution >= 4 is 42.9 Å². The lowest BCUT2D eigenvalue weighted by atomic mass is 10.3. The van der Waals surface area contributed by atoms with E-state index < -0.39 is 11.9 Å². The lowest BCUT2D eigenvalue weighted by Gasteiger charge is -2.28. The van der Waals surface area contributed by atoms with E-state index in [-0.39, 0.29) is 0 Å². The average molecular weight is 478 g/mol. The summed E-state index contributed by atoms with van der Waals surface area (Å²) in [6.07, 6.45) is 8.48.